The topological polar surface area (TPSA) is 127 Å². The number of aromatic nitrogens is 2. The Labute approximate surface area is 201 Å². The van der Waals surface area contributed by atoms with Crippen molar-refractivity contribution < 1.29 is 46.1 Å². The normalized spacial score (nSPS) is 12.4. The zero-order valence-corrected chi connectivity index (χ0v) is 18.2. The van der Waals surface area contributed by atoms with E-state index in [2.05, 4.69) is 18.5 Å². The van der Waals surface area contributed by atoms with Crippen molar-refractivity contribution in [1.82, 2.24) is 4.85 Å². The second kappa shape index (κ2) is 9.29. The predicted octanol–water partition coefficient (Wildman–Crippen LogP) is 5.59. The highest BCUT2D eigenvalue weighted by molar-refractivity contribution is 5.98. The third-order valence-corrected chi connectivity index (χ3v) is 4.94. The monoisotopic (exact) mass is 530 g/mol. The summed E-state index contributed by atoms with van der Waals surface area (Å²) in [6.45, 7) is 6.19. The van der Waals surface area contributed by atoms with Crippen LogP contribution in [0.2, 0.25) is 0 Å². The van der Waals surface area contributed by atoms with Gasteiger partial charge in [-0.2, -0.15) is 26.3 Å². The number of nitro benzene ring substituents is 2. The summed E-state index contributed by atoms with van der Waals surface area (Å²) in [4.78, 5) is 21.1. The Bertz CT molecular complexity index is 1490. The lowest BCUT2D eigenvalue weighted by Crippen LogP contribution is -2.42. The molecule has 0 atom stereocenters. The van der Waals surface area contributed by atoms with E-state index in [9.17, 15) is 51.8 Å². The molecule has 0 fully saturated rings. The lowest BCUT2D eigenvalue weighted by atomic mass is 10.1. The molecule has 0 spiro atoms. The van der Waals surface area contributed by atoms with Crippen LogP contribution in [0.4, 0.5) is 43.5 Å². The largest absolute Gasteiger partial charge is 0.416 e. The number of non-ortho nitro benzene ring substituents is 2. The van der Waals surface area contributed by atoms with Gasteiger partial charge < -0.3 is 5.21 Å². The van der Waals surface area contributed by atoms with Gasteiger partial charge in [0.1, 0.15) is 5.70 Å². The molecular weight excluding hydrogens is 516 g/mol. The number of anilines is 1. The first kappa shape index (κ1) is 26.7. The van der Waals surface area contributed by atoms with Gasteiger partial charge in [-0.15, -0.1) is 0 Å². The lowest BCUT2D eigenvalue weighted by molar-refractivity contribution is -0.701. The van der Waals surface area contributed by atoms with Gasteiger partial charge in [-0.1, -0.05) is 23.9 Å². The van der Waals surface area contributed by atoms with Crippen LogP contribution >= 0.6 is 0 Å². The number of nitrogens with one attached hydrogen (secondary N) is 1. The van der Waals surface area contributed by atoms with Gasteiger partial charge in [0.2, 0.25) is 0 Å². The number of halogens is 6. The fraction of sp³-hybridized carbons (Fsp3) is 0.0952. The zero-order valence-electron chi connectivity index (χ0n) is 18.2. The van der Waals surface area contributed by atoms with E-state index >= 15 is 0 Å². The van der Waals surface area contributed by atoms with Gasteiger partial charge in [-0.3, -0.25) is 20.2 Å². The minimum absolute atomic E-state index is 0.0897. The summed E-state index contributed by atoms with van der Waals surface area (Å²) in [6.07, 6.45) is -8.42. The number of benzene rings is 2. The molecule has 2 aromatic carbocycles. The SMILES string of the molecule is C=C/C(=C\C(=C)C(F)(F)F)Nc1c2c([N+](=O)[O-])cc([N+](=O)[O-])cc2n(O)[n+]1-c1cccc(C(F)(F)F)c1. The molecule has 0 saturated carbocycles. The summed E-state index contributed by atoms with van der Waals surface area (Å²) >= 11 is 0. The quantitative estimate of drug-likeness (QED) is 0.102. The summed E-state index contributed by atoms with van der Waals surface area (Å²) < 4.78 is 79.6. The maximum atomic E-state index is 13.3. The molecule has 1 aromatic heterocycles. The number of rotatable bonds is 7. The minimum Gasteiger partial charge on any atom is -0.398 e. The Hall–Kier alpha value is -4.89. The van der Waals surface area contributed by atoms with Crippen molar-refractivity contribution >= 4 is 28.1 Å². The lowest BCUT2D eigenvalue weighted by Gasteiger charge is -2.09. The van der Waals surface area contributed by atoms with E-state index in [1.165, 1.54) is 0 Å². The molecule has 0 aliphatic heterocycles. The van der Waals surface area contributed by atoms with Gasteiger partial charge in [-0.05, 0) is 35.2 Å². The Morgan fingerprint density at radius 3 is 2.24 bits per heavy atom. The van der Waals surface area contributed by atoms with Crippen LogP contribution in [0.5, 0.6) is 0 Å². The summed E-state index contributed by atoms with van der Waals surface area (Å²) in [6, 6.07) is 4.46. The first-order valence-corrected chi connectivity index (χ1v) is 9.74. The fourth-order valence-electron chi connectivity index (χ4n) is 3.28. The Morgan fingerprint density at radius 2 is 1.73 bits per heavy atom. The van der Waals surface area contributed by atoms with Crippen molar-refractivity contribution in [2.75, 3.05) is 5.32 Å². The van der Waals surface area contributed by atoms with Crippen LogP contribution in [-0.4, -0.2) is 26.1 Å². The number of alkyl halides is 6. The molecule has 1 heterocycles. The first-order valence-electron chi connectivity index (χ1n) is 9.74. The number of hydrogen-bond donors (Lipinski definition) is 2. The highest BCUT2D eigenvalue weighted by atomic mass is 19.4. The van der Waals surface area contributed by atoms with Gasteiger partial charge in [0.05, 0.1) is 27.0 Å². The molecule has 0 radical (unpaired) electrons. The number of allylic oxidation sites excluding steroid dienone is 3. The molecule has 0 amide bonds. The maximum Gasteiger partial charge on any atom is 0.416 e. The Morgan fingerprint density at radius 1 is 1.08 bits per heavy atom. The van der Waals surface area contributed by atoms with Crippen molar-refractivity contribution in [2.45, 2.75) is 12.4 Å². The van der Waals surface area contributed by atoms with Crippen molar-refractivity contribution in [3.8, 4) is 5.69 Å². The number of fused-ring (bicyclic) bond motifs is 1. The van der Waals surface area contributed by atoms with E-state index in [4.69, 9.17) is 0 Å². The van der Waals surface area contributed by atoms with Gasteiger partial charge >= 0.3 is 18.2 Å². The molecule has 0 unspecified atom stereocenters. The highest BCUT2D eigenvalue weighted by Gasteiger charge is 2.37. The summed E-state index contributed by atoms with van der Waals surface area (Å²) in [5.41, 5.74) is -5.93. The molecule has 10 nitrogen and oxygen atoms in total. The van der Waals surface area contributed by atoms with Crippen LogP contribution in [0.25, 0.3) is 16.6 Å². The first-order chi connectivity index (χ1) is 17.1. The van der Waals surface area contributed by atoms with Crippen LogP contribution in [0.3, 0.4) is 0 Å². The fourth-order valence-corrected chi connectivity index (χ4v) is 3.28. The van der Waals surface area contributed by atoms with E-state index in [1.54, 1.807) is 0 Å². The van der Waals surface area contributed by atoms with Crippen LogP contribution in [0.1, 0.15) is 5.56 Å². The van der Waals surface area contributed by atoms with Crippen LogP contribution < -0.4 is 10.00 Å². The number of hydrogen-bond acceptors (Lipinski definition) is 6. The van der Waals surface area contributed by atoms with E-state index in [-0.39, 0.29) is 4.85 Å². The second-order valence-corrected chi connectivity index (χ2v) is 7.32. The van der Waals surface area contributed by atoms with Crippen LogP contribution in [0, 0.1) is 20.2 Å². The molecule has 0 aliphatic rings. The van der Waals surface area contributed by atoms with E-state index in [0.29, 0.717) is 35.0 Å². The molecule has 3 aromatic rings. The molecular formula is C21H14F6N5O5+. The summed E-state index contributed by atoms with van der Waals surface area (Å²) in [5.74, 6) is -0.598. The summed E-state index contributed by atoms with van der Waals surface area (Å²) in [5, 5.41) is 35.7. The van der Waals surface area contributed by atoms with Gasteiger partial charge in [0.15, 0.2) is 16.6 Å². The second-order valence-electron chi connectivity index (χ2n) is 7.32. The van der Waals surface area contributed by atoms with Crippen molar-refractivity contribution in [1.29, 1.82) is 0 Å². The Kier molecular flexibility index (Phi) is 6.70. The third-order valence-electron chi connectivity index (χ3n) is 4.94. The van der Waals surface area contributed by atoms with Crippen molar-refractivity contribution in [3.63, 3.8) is 0 Å². The van der Waals surface area contributed by atoms with Gasteiger partial charge in [-0.25, -0.2) is 5.32 Å². The molecule has 0 saturated heterocycles. The van der Waals surface area contributed by atoms with Gasteiger partial charge in [0, 0.05) is 6.07 Å². The molecule has 37 heavy (non-hydrogen) atoms. The van der Waals surface area contributed by atoms with E-state index < -0.39 is 72.8 Å². The minimum atomic E-state index is -4.88. The van der Waals surface area contributed by atoms with Crippen LogP contribution in [-0.2, 0) is 6.18 Å². The predicted molar refractivity (Wildman–Crippen MR) is 116 cm³/mol. The molecule has 3 rings (SSSR count). The third kappa shape index (κ3) is 5.21. The number of nitro groups is 2. The smallest absolute Gasteiger partial charge is 0.398 e. The van der Waals surface area contributed by atoms with Crippen LogP contribution in [0.15, 0.2) is 73.0 Å². The Balaban J connectivity index is 2.45. The number of nitrogens with zero attached hydrogens (tertiary/aromatic N) is 4. The summed E-state index contributed by atoms with van der Waals surface area (Å²) in [7, 11) is 0. The molecule has 0 aliphatic carbocycles. The standard InChI is InChI=1S/C21H13F6N5O5/c1-3-13(7-11(2)20(22,23)24)28-19-18-16(9-15(31(34)35)10-17(18)32(36)37)30(33)29(19)14-6-4-5-12(8-14)21(25,26)27/h3-10,33H,1-2H2/p+1/b13-7+. The van der Waals surface area contributed by atoms with E-state index in [1.807, 2.05) is 0 Å². The van der Waals surface area contributed by atoms with E-state index in [0.717, 1.165) is 18.2 Å². The maximum absolute atomic E-state index is 13.3. The highest BCUT2D eigenvalue weighted by Crippen LogP contribution is 2.37. The average molecular weight is 530 g/mol. The zero-order chi connectivity index (χ0) is 27.9. The molecule has 194 valence electrons. The van der Waals surface area contributed by atoms with Crippen molar-refractivity contribution in [3.05, 3.63) is 98.8 Å². The average Bonchev–Trinajstić information content (AvgIpc) is 3.07. The molecule has 2 N–H and O–H groups in total. The molecule has 16 heteroatoms. The van der Waals surface area contributed by atoms with Crippen molar-refractivity contribution in [2.24, 2.45) is 0 Å². The van der Waals surface area contributed by atoms with Gasteiger partial charge in [0.25, 0.3) is 11.4 Å². The molecule has 0 bridgehead atoms.